The molecule has 1 heterocycles. The molecule has 0 bridgehead atoms. The number of nitrogens with one attached hydrogen (secondary N) is 1. The number of thioether (sulfide) groups is 1. The number of aromatic nitrogens is 2. The predicted molar refractivity (Wildman–Crippen MR) is 85.0 cm³/mol. The third kappa shape index (κ3) is 5.01. The van der Waals surface area contributed by atoms with Crippen LogP contribution in [0.1, 0.15) is 53.0 Å². The second kappa shape index (κ2) is 8.41. The van der Waals surface area contributed by atoms with Crippen LogP contribution in [0.2, 0.25) is 0 Å². The zero-order valence-corrected chi connectivity index (χ0v) is 13.7. The van der Waals surface area contributed by atoms with Crippen LogP contribution in [0.25, 0.3) is 0 Å². The van der Waals surface area contributed by atoms with Crippen LogP contribution in [0, 0.1) is 5.92 Å². The Bertz CT molecular complexity index is 380. The Kier molecular flexibility index (Phi) is 7.21. The first-order chi connectivity index (χ1) is 9.10. The molecular formula is C15H27N3S. The van der Waals surface area contributed by atoms with E-state index >= 15 is 0 Å². The molecule has 4 heteroatoms. The van der Waals surface area contributed by atoms with E-state index in [0.29, 0.717) is 11.2 Å². The maximum Gasteiger partial charge on any atom is 0.133 e. The summed E-state index contributed by atoms with van der Waals surface area (Å²) in [7, 11) is 0. The van der Waals surface area contributed by atoms with Crippen LogP contribution in [0.3, 0.4) is 0 Å². The fraction of sp³-hybridized carbons (Fsp3) is 0.733. The van der Waals surface area contributed by atoms with Crippen molar-refractivity contribution < 1.29 is 0 Å². The third-order valence-corrected chi connectivity index (χ3v) is 4.68. The highest BCUT2D eigenvalue weighted by molar-refractivity contribution is 7.99. The first kappa shape index (κ1) is 16.3. The van der Waals surface area contributed by atoms with Crippen molar-refractivity contribution in [2.45, 2.75) is 64.2 Å². The molecule has 0 saturated carbocycles. The van der Waals surface area contributed by atoms with Crippen molar-refractivity contribution in [1.29, 1.82) is 0 Å². The van der Waals surface area contributed by atoms with Gasteiger partial charge < -0.3 is 5.32 Å². The van der Waals surface area contributed by atoms with Gasteiger partial charge in [-0.1, -0.05) is 41.0 Å². The van der Waals surface area contributed by atoms with Crippen LogP contribution >= 0.6 is 11.8 Å². The molecule has 19 heavy (non-hydrogen) atoms. The molecule has 0 aromatic carbocycles. The Balaban J connectivity index is 2.94. The van der Waals surface area contributed by atoms with Crippen LogP contribution < -0.4 is 5.32 Å². The largest absolute Gasteiger partial charge is 0.370 e. The lowest BCUT2D eigenvalue weighted by molar-refractivity contribution is 0.641. The molecule has 0 radical (unpaired) electrons. The summed E-state index contributed by atoms with van der Waals surface area (Å²) in [6, 6.07) is 0. The number of anilines is 1. The Morgan fingerprint density at radius 1 is 1.16 bits per heavy atom. The van der Waals surface area contributed by atoms with Crippen molar-refractivity contribution >= 4 is 17.6 Å². The van der Waals surface area contributed by atoms with Gasteiger partial charge in [0.15, 0.2) is 0 Å². The SMILES string of the molecule is CCCNc1ncnc(SC(C)C(C)C)c1CCC. The van der Waals surface area contributed by atoms with E-state index in [0.717, 1.165) is 36.7 Å². The first-order valence-corrected chi connectivity index (χ1v) is 8.22. The summed E-state index contributed by atoms with van der Waals surface area (Å²) in [6.07, 6.45) is 4.96. The molecule has 0 fully saturated rings. The second-order valence-corrected chi connectivity index (χ2v) is 6.62. The Labute approximate surface area is 122 Å². The fourth-order valence-electron chi connectivity index (χ4n) is 1.68. The van der Waals surface area contributed by atoms with E-state index in [1.165, 1.54) is 5.56 Å². The summed E-state index contributed by atoms with van der Waals surface area (Å²) >= 11 is 1.87. The fourth-order valence-corrected chi connectivity index (χ4v) is 2.75. The normalized spacial score (nSPS) is 12.7. The Hall–Kier alpha value is -0.770. The summed E-state index contributed by atoms with van der Waals surface area (Å²) in [5.74, 6) is 1.68. The molecule has 3 nitrogen and oxygen atoms in total. The van der Waals surface area contributed by atoms with E-state index in [4.69, 9.17) is 0 Å². The average molecular weight is 281 g/mol. The van der Waals surface area contributed by atoms with Gasteiger partial charge in [-0.2, -0.15) is 0 Å². The van der Waals surface area contributed by atoms with Crippen LogP contribution in [-0.2, 0) is 6.42 Å². The molecule has 1 unspecified atom stereocenters. The number of hydrogen-bond donors (Lipinski definition) is 1. The highest BCUT2D eigenvalue weighted by Gasteiger charge is 2.15. The zero-order valence-electron chi connectivity index (χ0n) is 12.9. The van der Waals surface area contributed by atoms with Gasteiger partial charge in [-0.15, -0.1) is 11.8 Å². The van der Waals surface area contributed by atoms with Gasteiger partial charge in [-0.25, -0.2) is 9.97 Å². The van der Waals surface area contributed by atoms with E-state index in [2.05, 4.69) is 49.9 Å². The van der Waals surface area contributed by atoms with Gasteiger partial charge in [0.05, 0.1) is 0 Å². The Morgan fingerprint density at radius 3 is 2.47 bits per heavy atom. The van der Waals surface area contributed by atoms with Crippen molar-refractivity contribution in [3.05, 3.63) is 11.9 Å². The number of hydrogen-bond acceptors (Lipinski definition) is 4. The van der Waals surface area contributed by atoms with Crippen molar-refractivity contribution in [1.82, 2.24) is 9.97 Å². The minimum atomic E-state index is 0.574. The standard InChI is InChI=1S/C15H27N3S/c1-6-8-13-14(16-9-7-2)17-10-18-15(13)19-12(5)11(3)4/h10-12H,6-9H2,1-5H3,(H,16,17,18). The summed E-state index contributed by atoms with van der Waals surface area (Å²) in [6.45, 7) is 12.1. The van der Waals surface area contributed by atoms with Crippen molar-refractivity contribution in [2.24, 2.45) is 5.92 Å². The van der Waals surface area contributed by atoms with Gasteiger partial charge in [0, 0.05) is 17.4 Å². The van der Waals surface area contributed by atoms with Crippen LogP contribution in [-0.4, -0.2) is 21.8 Å². The summed E-state index contributed by atoms with van der Waals surface area (Å²) in [4.78, 5) is 8.91. The zero-order chi connectivity index (χ0) is 14.3. The lowest BCUT2D eigenvalue weighted by Crippen LogP contribution is -2.10. The predicted octanol–water partition coefficient (Wildman–Crippen LogP) is 4.39. The molecular weight excluding hydrogens is 254 g/mol. The summed E-state index contributed by atoms with van der Waals surface area (Å²) in [5.41, 5.74) is 1.29. The average Bonchev–Trinajstić information content (AvgIpc) is 2.39. The molecule has 0 aliphatic rings. The molecule has 108 valence electrons. The molecule has 1 atom stereocenters. The van der Waals surface area contributed by atoms with Gasteiger partial charge >= 0.3 is 0 Å². The van der Waals surface area contributed by atoms with Gasteiger partial charge in [0.1, 0.15) is 17.2 Å². The van der Waals surface area contributed by atoms with E-state index < -0.39 is 0 Å². The van der Waals surface area contributed by atoms with Gasteiger partial charge in [0.25, 0.3) is 0 Å². The van der Waals surface area contributed by atoms with Crippen molar-refractivity contribution in [2.75, 3.05) is 11.9 Å². The molecule has 1 aromatic rings. The van der Waals surface area contributed by atoms with Gasteiger partial charge in [-0.05, 0) is 18.8 Å². The van der Waals surface area contributed by atoms with E-state index in [1.807, 2.05) is 11.8 Å². The van der Waals surface area contributed by atoms with Crippen molar-refractivity contribution in [3.8, 4) is 0 Å². The number of nitrogens with zero attached hydrogens (tertiary/aromatic N) is 2. The quantitative estimate of drug-likeness (QED) is 0.566. The highest BCUT2D eigenvalue weighted by Crippen LogP contribution is 2.31. The maximum atomic E-state index is 4.50. The van der Waals surface area contributed by atoms with Crippen LogP contribution in [0.5, 0.6) is 0 Å². The molecule has 1 N–H and O–H groups in total. The lowest BCUT2D eigenvalue weighted by Gasteiger charge is -2.18. The van der Waals surface area contributed by atoms with Gasteiger partial charge in [-0.3, -0.25) is 0 Å². The second-order valence-electron chi connectivity index (χ2n) is 5.25. The maximum absolute atomic E-state index is 4.50. The lowest BCUT2D eigenvalue weighted by atomic mass is 10.1. The topological polar surface area (TPSA) is 37.8 Å². The molecule has 1 rings (SSSR count). The third-order valence-electron chi connectivity index (χ3n) is 3.18. The van der Waals surface area contributed by atoms with Crippen LogP contribution in [0.4, 0.5) is 5.82 Å². The smallest absolute Gasteiger partial charge is 0.133 e. The minimum absolute atomic E-state index is 0.574. The Morgan fingerprint density at radius 2 is 1.89 bits per heavy atom. The van der Waals surface area contributed by atoms with Crippen molar-refractivity contribution in [3.63, 3.8) is 0 Å². The summed E-state index contributed by atoms with van der Waals surface area (Å²) in [5, 5.41) is 5.15. The molecule has 0 aliphatic carbocycles. The minimum Gasteiger partial charge on any atom is -0.370 e. The molecule has 1 aromatic heterocycles. The first-order valence-electron chi connectivity index (χ1n) is 7.34. The molecule has 0 saturated heterocycles. The van der Waals surface area contributed by atoms with E-state index in [1.54, 1.807) is 6.33 Å². The van der Waals surface area contributed by atoms with Crippen LogP contribution in [0.15, 0.2) is 11.4 Å². The molecule has 0 aliphatic heterocycles. The molecule has 0 amide bonds. The summed E-state index contributed by atoms with van der Waals surface area (Å²) < 4.78 is 0. The van der Waals surface area contributed by atoms with E-state index in [-0.39, 0.29) is 0 Å². The van der Waals surface area contributed by atoms with E-state index in [9.17, 15) is 0 Å². The monoisotopic (exact) mass is 281 g/mol. The van der Waals surface area contributed by atoms with Gasteiger partial charge in [0.2, 0.25) is 0 Å². The highest BCUT2D eigenvalue weighted by atomic mass is 32.2. The molecule has 0 spiro atoms. The number of rotatable bonds is 8.